The number of hydrogen-bond donors (Lipinski definition) is 1. The van der Waals surface area contributed by atoms with Crippen molar-refractivity contribution in [1.82, 2.24) is 10.2 Å². The maximum absolute atomic E-state index is 12.2. The molecule has 0 fully saturated rings. The van der Waals surface area contributed by atoms with Gasteiger partial charge in [0.25, 0.3) is 0 Å². The molecule has 1 N–H and O–H groups in total. The van der Waals surface area contributed by atoms with Crippen LogP contribution in [0.3, 0.4) is 0 Å². The topological polar surface area (TPSA) is 32.3 Å². The maximum atomic E-state index is 12.2. The third-order valence-corrected chi connectivity index (χ3v) is 4.32. The molecule has 25 heavy (non-hydrogen) atoms. The van der Waals surface area contributed by atoms with Gasteiger partial charge in [0, 0.05) is 19.0 Å². The first kappa shape index (κ1) is 17.5. The minimum Gasteiger partial charge on any atom is -0.346 e. The minimum absolute atomic E-state index is 0.0479. The van der Waals surface area contributed by atoms with E-state index in [9.17, 15) is 18.0 Å². The first-order valence-electron chi connectivity index (χ1n) is 8.11. The van der Waals surface area contributed by atoms with Gasteiger partial charge in [-0.3, -0.25) is 9.69 Å². The number of benzene rings is 2. The third-order valence-electron chi connectivity index (χ3n) is 4.32. The molecule has 132 valence electrons. The molecule has 1 aliphatic heterocycles. The van der Waals surface area contributed by atoms with Gasteiger partial charge in [0.2, 0.25) is 5.91 Å². The van der Waals surface area contributed by atoms with E-state index in [1.54, 1.807) is 0 Å². The Bertz CT molecular complexity index is 731. The summed E-state index contributed by atoms with van der Waals surface area (Å²) in [6.45, 7) is -0.189. The Hall–Kier alpha value is -2.34. The van der Waals surface area contributed by atoms with Crippen molar-refractivity contribution in [3.05, 3.63) is 71.3 Å². The minimum atomic E-state index is -4.39. The lowest BCUT2D eigenvalue weighted by Gasteiger charge is -2.34. The highest BCUT2D eigenvalue weighted by atomic mass is 19.4. The van der Waals surface area contributed by atoms with Crippen molar-refractivity contribution in [2.45, 2.75) is 18.6 Å². The summed E-state index contributed by atoms with van der Waals surface area (Å²) in [4.78, 5) is 13.8. The summed E-state index contributed by atoms with van der Waals surface area (Å²) < 4.78 is 36.7. The van der Waals surface area contributed by atoms with E-state index in [2.05, 4.69) is 6.07 Å². The fraction of sp³-hybridized carbons (Fsp3) is 0.316. The average molecular weight is 348 g/mol. The fourth-order valence-electron chi connectivity index (χ4n) is 3.23. The summed E-state index contributed by atoms with van der Waals surface area (Å²) in [7, 11) is 0. The van der Waals surface area contributed by atoms with Crippen molar-refractivity contribution in [3.8, 4) is 0 Å². The Morgan fingerprint density at radius 3 is 2.48 bits per heavy atom. The van der Waals surface area contributed by atoms with E-state index >= 15 is 0 Å². The highest BCUT2D eigenvalue weighted by Crippen LogP contribution is 2.33. The summed E-state index contributed by atoms with van der Waals surface area (Å²) in [6.07, 6.45) is -4.39. The first-order chi connectivity index (χ1) is 11.9. The molecule has 1 atom stereocenters. The highest BCUT2D eigenvalue weighted by Gasteiger charge is 2.30. The quantitative estimate of drug-likeness (QED) is 0.919. The number of amides is 1. The Kier molecular flexibility index (Phi) is 5.08. The Morgan fingerprint density at radius 2 is 1.76 bits per heavy atom. The zero-order valence-electron chi connectivity index (χ0n) is 13.6. The normalized spacial score (nSPS) is 17.8. The van der Waals surface area contributed by atoms with Crippen LogP contribution in [-0.2, 0) is 11.3 Å². The molecule has 6 heteroatoms. The molecule has 0 bridgehead atoms. The van der Waals surface area contributed by atoms with Crippen molar-refractivity contribution < 1.29 is 18.0 Å². The van der Waals surface area contributed by atoms with Crippen LogP contribution in [0.1, 0.15) is 22.6 Å². The molecule has 0 aromatic heterocycles. The molecule has 1 heterocycles. The number of halogens is 3. The molecule has 0 saturated carbocycles. The van der Waals surface area contributed by atoms with Crippen molar-refractivity contribution in [1.29, 1.82) is 0 Å². The van der Waals surface area contributed by atoms with Crippen LogP contribution in [0.5, 0.6) is 0 Å². The van der Waals surface area contributed by atoms with Crippen LogP contribution in [0.2, 0.25) is 0 Å². The number of carbonyl (C=O) groups is 1. The van der Waals surface area contributed by atoms with Gasteiger partial charge in [0.1, 0.15) is 6.54 Å². The molecule has 0 saturated heterocycles. The lowest BCUT2D eigenvalue weighted by Crippen LogP contribution is -2.43. The molecule has 3 nitrogen and oxygen atoms in total. The number of alkyl halides is 3. The second kappa shape index (κ2) is 7.27. The van der Waals surface area contributed by atoms with Gasteiger partial charge in [-0.25, -0.2) is 0 Å². The van der Waals surface area contributed by atoms with Crippen LogP contribution in [0, 0.1) is 0 Å². The highest BCUT2D eigenvalue weighted by molar-refractivity contribution is 5.78. The standard InChI is InChI=1S/C19H19F3N2O/c20-19(21,22)13-23-18(25)12-24-10-15-8-4-5-9-16(15)17(11-24)14-6-2-1-3-7-14/h1-9,17H,10-13H2,(H,23,25). The molecule has 0 radical (unpaired) electrons. The summed E-state index contributed by atoms with van der Waals surface area (Å²) >= 11 is 0. The van der Waals surface area contributed by atoms with Crippen LogP contribution in [-0.4, -0.2) is 36.6 Å². The van der Waals surface area contributed by atoms with Gasteiger partial charge < -0.3 is 5.32 Å². The van der Waals surface area contributed by atoms with E-state index in [0.29, 0.717) is 13.1 Å². The van der Waals surface area contributed by atoms with Gasteiger partial charge in [0.05, 0.1) is 6.54 Å². The van der Waals surface area contributed by atoms with Gasteiger partial charge in [-0.15, -0.1) is 0 Å². The Morgan fingerprint density at radius 1 is 1.08 bits per heavy atom. The molecular formula is C19H19F3N2O. The van der Waals surface area contributed by atoms with Crippen molar-refractivity contribution in [2.75, 3.05) is 19.6 Å². The molecule has 2 aromatic rings. The van der Waals surface area contributed by atoms with E-state index in [0.717, 1.165) is 11.1 Å². The van der Waals surface area contributed by atoms with Crippen LogP contribution < -0.4 is 5.32 Å². The molecule has 1 amide bonds. The summed E-state index contributed by atoms with van der Waals surface area (Å²) in [6, 6.07) is 18.0. The van der Waals surface area contributed by atoms with Gasteiger partial charge in [-0.2, -0.15) is 13.2 Å². The molecular weight excluding hydrogens is 329 g/mol. The van der Waals surface area contributed by atoms with Crippen LogP contribution in [0.4, 0.5) is 13.2 Å². The van der Waals surface area contributed by atoms with E-state index in [1.165, 1.54) is 5.56 Å². The Balaban J connectivity index is 1.75. The van der Waals surface area contributed by atoms with Crippen molar-refractivity contribution in [2.24, 2.45) is 0 Å². The smallest absolute Gasteiger partial charge is 0.346 e. The summed E-state index contributed by atoms with van der Waals surface area (Å²) in [5.74, 6) is -0.509. The lowest BCUT2D eigenvalue weighted by atomic mass is 9.85. The average Bonchev–Trinajstić information content (AvgIpc) is 2.59. The number of fused-ring (bicyclic) bond motifs is 1. The molecule has 1 aliphatic rings. The van der Waals surface area contributed by atoms with Crippen molar-refractivity contribution in [3.63, 3.8) is 0 Å². The van der Waals surface area contributed by atoms with Crippen LogP contribution in [0.15, 0.2) is 54.6 Å². The lowest BCUT2D eigenvalue weighted by molar-refractivity contribution is -0.139. The van der Waals surface area contributed by atoms with Gasteiger partial charge in [0.15, 0.2) is 0 Å². The predicted octanol–water partition coefficient (Wildman–Crippen LogP) is 3.31. The molecule has 1 unspecified atom stereocenters. The van der Waals surface area contributed by atoms with Gasteiger partial charge in [-0.05, 0) is 16.7 Å². The fourth-order valence-corrected chi connectivity index (χ4v) is 3.23. The Labute approximate surface area is 144 Å². The van der Waals surface area contributed by atoms with Gasteiger partial charge >= 0.3 is 6.18 Å². The third kappa shape index (κ3) is 4.60. The zero-order chi connectivity index (χ0) is 17.9. The second-order valence-corrected chi connectivity index (χ2v) is 6.22. The molecule has 0 spiro atoms. The second-order valence-electron chi connectivity index (χ2n) is 6.22. The maximum Gasteiger partial charge on any atom is 0.405 e. The monoisotopic (exact) mass is 348 g/mol. The number of nitrogens with zero attached hydrogens (tertiary/aromatic N) is 1. The summed E-state index contributed by atoms with van der Waals surface area (Å²) in [5, 5.41) is 1.94. The predicted molar refractivity (Wildman–Crippen MR) is 89.1 cm³/mol. The largest absolute Gasteiger partial charge is 0.405 e. The number of carbonyl (C=O) groups excluding carboxylic acids is 1. The number of hydrogen-bond acceptors (Lipinski definition) is 2. The number of nitrogens with one attached hydrogen (secondary N) is 1. The van der Waals surface area contributed by atoms with Crippen LogP contribution in [0.25, 0.3) is 0 Å². The van der Waals surface area contributed by atoms with E-state index in [-0.39, 0.29) is 12.5 Å². The van der Waals surface area contributed by atoms with E-state index < -0.39 is 18.6 Å². The van der Waals surface area contributed by atoms with Gasteiger partial charge in [-0.1, -0.05) is 54.6 Å². The SMILES string of the molecule is O=C(CN1Cc2ccccc2C(c2ccccc2)C1)NCC(F)(F)F. The van der Waals surface area contributed by atoms with Crippen LogP contribution >= 0.6 is 0 Å². The van der Waals surface area contributed by atoms with Crippen molar-refractivity contribution >= 4 is 5.91 Å². The zero-order valence-corrected chi connectivity index (χ0v) is 13.6. The molecule has 0 aliphatic carbocycles. The van der Waals surface area contributed by atoms with E-state index in [4.69, 9.17) is 0 Å². The van der Waals surface area contributed by atoms with E-state index in [1.807, 2.05) is 58.7 Å². The molecule has 3 rings (SSSR count). The first-order valence-corrected chi connectivity index (χ1v) is 8.11. The molecule has 2 aromatic carbocycles. The number of rotatable bonds is 4. The summed E-state index contributed by atoms with van der Waals surface area (Å²) in [5.41, 5.74) is 3.45.